The van der Waals surface area contributed by atoms with Crippen molar-refractivity contribution < 1.29 is 48.7 Å². The molecule has 1 unspecified atom stereocenters. The largest absolute Gasteiger partial charge is 0.481 e. The molecule has 0 aromatic carbocycles. The van der Waals surface area contributed by atoms with Gasteiger partial charge in [0, 0.05) is 26.2 Å². The van der Waals surface area contributed by atoms with Crippen LogP contribution in [0.5, 0.6) is 0 Å². The Labute approximate surface area is 210 Å². The van der Waals surface area contributed by atoms with Gasteiger partial charge in [0.15, 0.2) is 5.60 Å². The van der Waals surface area contributed by atoms with E-state index in [2.05, 4.69) is 21.9 Å². The van der Waals surface area contributed by atoms with Crippen LogP contribution in [0, 0.1) is 12.8 Å². The molecule has 4 N–H and O–H groups in total. The summed E-state index contributed by atoms with van der Waals surface area (Å²) >= 11 is 0. The van der Waals surface area contributed by atoms with Crippen LogP contribution >= 0.6 is 0 Å². The average molecular weight is 515 g/mol. The number of carboxylic acid groups (broad SMARTS) is 3. The zero-order chi connectivity index (χ0) is 26.6. The van der Waals surface area contributed by atoms with E-state index in [-0.39, 0.29) is 0 Å². The molecule has 3 rings (SSSR count). The number of rotatable bonds is 13. The molecule has 2 fully saturated rings. The van der Waals surface area contributed by atoms with Gasteiger partial charge in [-0.05, 0) is 50.9 Å². The van der Waals surface area contributed by atoms with Crippen molar-refractivity contribution in [3.63, 3.8) is 0 Å². The summed E-state index contributed by atoms with van der Waals surface area (Å²) in [6, 6.07) is 4.16. The first-order valence-electron chi connectivity index (χ1n) is 12.1. The Hall–Kier alpha value is -2.51. The summed E-state index contributed by atoms with van der Waals surface area (Å²) in [6.07, 6.45) is 0.105. The predicted molar refractivity (Wildman–Crippen MR) is 127 cm³/mol. The van der Waals surface area contributed by atoms with Crippen molar-refractivity contribution in [2.45, 2.75) is 44.8 Å². The van der Waals surface area contributed by atoms with Gasteiger partial charge in [-0.3, -0.25) is 19.4 Å². The minimum atomic E-state index is -2.74. The van der Waals surface area contributed by atoms with Gasteiger partial charge in [0.05, 0.1) is 39.2 Å². The third-order valence-corrected chi connectivity index (χ3v) is 6.05. The van der Waals surface area contributed by atoms with Gasteiger partial charge in [0.1, 0.15) is 11.5 Å². The van der Waals surface area contributed by atoms with Gasteiger partial charge < -0.3 is 34.3 Å². The van der Waals surface area contributed by atoms with E-state index in [0.717, 1.165) is 77.2 Å². The molecule has 1 aromatic heterocycles. The van der Waals surface area contributed by atoms with E-state index in [0.29, 0.717) is 5.92 Å². The third-order valence-electron chi connectivity index (χ3n) is 6.05. The highest BCUT2D eigenvalue weighted by atomic mass is 16.5. The number of aliphatic hydroxyl groups is 1. The summed E-state index contributed by atoms with van der Waals surface area (Å²) in [6.45, 7) is 12.1. The molecule has 1 aromatic rings. The van der Waals surface area contributed by atoms with E-state index in [9.17, 15) is 14.4 Å². The quantitative estimate of drug-likeness (QED) is 0.294. The van der Waals surface area contributed by atoms with E-state index >= 15 is 0 Å². The number of nitrogens with zero attached hydrogens (tertiary/aromatic N) is 2. The summed E-state index contributed by atoms with van der Waals surface area (Å²) in [4.78, 5) is 35.5. The highest BCUT2D eigenvalue weighted by Crippen LogP contribution is 2.18. The second-order valence-corrected chi connectivity index (χ2v) is 9.26. The van der Waals surface area contributed by atoms with Gasteiger partial charge in [-0.15, -0.1) is 0 Å². The van der Waals surface area contributed by atoms with Gasteiger partial charge in [0.2, 0.25) is 0 Å². The van der Waals surface area contributed by atoms with Crippen LogP contribution in [0.15, 0.2) is 16.5 Å². The number of aliphatic carboxylic acids is 3. The lowest BCUT2D eigenvalue weighted by Gasteiger charge is -2.28. The van der Waals surface area contributed by atoms with E-state index in [1.807, 2.05) is 6.92 Å². The Morgan fingerprint density at radius 2 is 1.72 bits per heavy atom. The van der Waals surface area contributed by atoms with Crippen LogP contribution in [0.2, 0.25) is 0 Å². The number of hydrogen-bond donors (Lipinski definition) is 4. The molecule has 12 nitrogen and oxygen atoms in total. The number of carboxylic acids is 3. The van der Waals surface area contributed by atoms with E-state index in [1.165, 1.54) is 12.8 Å². The SMILES string of the molecule is Cc1ccc(CN(CCCN2CCOCC2)CC2CCOC2)o1.O=C(O)CC(O)(CC(=O)O)C(=O)O. The maximum absolute atomic E-state index is 10.3. The molecular formula is C24H38N2O10. The molecule has 204 valence electrons. The van der Waals surface area contributed by atoms with Gasteiger partial charge in [0.25, 0.3) is 0 Å². The molecule has 0 aliphatic carbocycles. The summed E-state index contributed by atoms with van der Waals surface area (Å²) in [5, 5.41) is 33.8. The topological polar surface area (TPSA) is 170 Å². The van der Waals surface area contributed by atoms with E-state index < -0.39 is 36.4 Å². The lowest BCUT2D eigenvalue weighted by atomic mass is 9.96. The van der Waals surface area contributed by atoms with Gasteiger partial charge in [-0.2, -0.15) is 0 Å². The Morgan fingerprint density at radius 1 is 1.06 bits per heavy atom. The summed E-state index contributed by atoms with van der Waals surface area (Å²) in [5.41, 5.74) is -2.74. The molecule has 2 aliphatic rings. The fourth-order valence-electron chi connectivity index (χ4n) is 4.17. The first-order chi connectivity index (χ1) is 17.1. The minimum Gasteiger partial charge on any atom is -0.481 e. The Kier molecular flexibility index (Phi) is 12.3. The number of morpholine rings is 1. The number of carbonyl (C=O) groups is 3. The molecule has 0 spiro atoms. The molecule has 0 bridgehead atoms. The Morgan fingerprint density at radius 3 is 2.22 bits per heavy atom. The predicted octanol–water partition coefficient (Wildman–Crippen LogP) is 0.900. The zero-order valence-corrected chi connectivity index (χ0v) is 20.8. The average Bonchev–Trinajstić information content (AvgIpc) is 3.45. The lowest BCUT2D eigenvalue weighted by Crippen LogP contribution is -2.42. The number of aryl methyl sites for hydroxylation is 1. The zero-order valence-electron chi connectivity index (χ0n) is 20.8. The highest BCUT2D eigenvalue weighted by Gasteiger charge is 2.40. The molecule has 1 atom stereocenters. The van der Waals surface area contributed by atoms with Crippen LogP contribution in [0.3, 0.4) is 0 Å². The van der Waals surface area contributed by atoms with E-state index in [4.69, 9.17) is 34.3 Å². The second kappa shape index (κ2) is 14.9. The first kappa shape index (κ1) is 29.7. The van der Waals surface area contributed by atoms with Crippen molar-refractivity contribution in [1.29, 1.82) is 0 Å². The number of furan rings is 1. The molecule has 2 aliphatic heterocycles. The van der Waals surface area contributed by atoms with Gasteiger partial charge >= 0.3 is 17.9 Å². The maximum atomic E-state index is 10.3. The minimum absolute atomic E-state index is 0.675. The van der Waals surface area contributed by atoms with Crippen molar-refractivity contribution in [2.24, 2.45) is 5.92 Å². The van der Waals surface area contributed by atoms with Crippen molar-refractivity contribution >= 4 is 17.9 Å². The summed E-state index contributed by atoms with van der Waals surface area (Å²) in [5.74, 6) is -2.27. The molecule has 3 heterocycles. The molecule has 0 radical (unpaired) electrons. The fourth-order valence-corrected chi connectivity index (χ4v) is 4.17. The summed E-state index contributed by atoms with van der Waals surface area (Å²) in [7, 11) is 0. The van der Waals surface area contributed by atoms with Crippen LogP contribution in [-0.2, 0) is 30.4 Å². The number of hydrogen-bond acceptors (Lipinski definition) is 9. The van der Waals surface area contributed by atoms with Crippen LogP contribution in [0.4, 0.5) is 0 Å². The van der Waals surface area contributed by atoms with Gasteiger partial charge in [-0.1, -0.05) is 0 Å². The van der Waals surface area contributed by atoms with Crippen LogP contribution in [0.1, 0.15) is 37.2 Å². The van der Waals surface area contributed by atoms with Crippen LogP contribution in [0.25, 0.3) is 0 Å². The maximum Gasteiger partial charge on any atom is 0.336 e. The monoisotopic (exact) mass is 514 g/mol. The second-order valence-electron chi connectivity index (χ2n) is 9.26. The Balaban J connectivity index is 0.000000302. The third kappa shape index (κ3) is 11.0. The van der Waals surface area contributed by atoms with Crippen LogP contribution in [-0.4, -0.2) is 113 Å². The molecule has 0 saturated carbocycles. The first-order valence-corrected chi connectivity index (χ1v) is 12.1. The van der Waals surface area contributed by atoms with Crippen molar-refractivity contribution in [3.8, 4) is 0 Å². The van der Waals surface area contributed by atoms with E-state index in [1.54, 1.807) is 0 Å². The van der Waals surface area contributed by atoms with Crippen molar-refractivity contribution in [1.82, 2.24) is 9.80 Å². The lowest BCUT2D eigenvalue weighted by molar-refractivity contribution is -0.170. The number of ether oxygens (including phenoxy) is 2. The van der Waals surface area contributed by atoms with Crippen molar-refractivity contribution in [2.75, 3.05) is 59.2 Å². The molecule has 12 heteroatoms. The fraction of sp³-hybridized carbons (Fsp3) is 0.708. The smallest absolute Gasteiger partial charge is 0.336 e. The summed E-state index contributed by atoms with van der Waals surface area (Å²) < 4.78 is 16.7. The molecule has 0 amide bonds. The van der Waals surface area contributed by atoms with Gasteiger partial charge in [-0.25, -0.2) is 4.79 Å². The molecular weight excluding hydrogens is 476 g/mol. The standard InChI is InChI=1S/C18H30N2O3.C6H8O7/c1-16-3-4-18(23-16)14-20(13-17-5-10-22-15-17)7-2-6-19-8-11-21-12-9-19;7-3(8)1-6(13,5(11)12)2-4(9)10/h3-4,17H,2,5-15H2,1H3;13H,1-2H2,(H,7,8)(H,9,10)(H,11,12). The van der Waals surface area contributed by atoms with Crippen LogP contribution < -0.4 is 0 Å². The van der Waals surface area contributed by atoms with Crippen molar-refractivity contribution in [3.05, 3.63) is 23.7 Å². The molecule has 36 heavy (non-hydrogen) atoms. The Bertz CT molecular complexity index is 815. The highest BCUT2D eigenvalue weighted by molar-refractivity contribution is 5.88. The normalized spacial score (nSPS) is 18.6. The molecule has 2 saturated heterocycles.